The molecule has 1 aromatic heterocycles. The molecule has 1 aromatic rings. The third-order valence-corrected chi connectivity index (χ3v) is 2.79. The lowest BCUT2D eigenvalue weighted by atomic mass is 10.2. The van der Waals surface area contributed by atoms with Crippen LogP contribution in [0.5, 0.6) is 0 Å². The molecular weight excluding hydrogens is 224 g/mol. The second-order valence-electron chi connectivity index (χ2n) is 4.20. The summed E-state index contributed by atoms with van der Waals surface area (Å²) in [6.07, 6.45) is 2.79. The molecule has 1 N–H and O–H groups in total. The molecule has 0 aliphatic rings. The van der Waals surface area contributed by atoms with Gasteiger partial charge in [0.05, 0.1) is 23.0 Å². The van der Waals surface area contributed by atoms with Gasteiger partial charge in [-0.15, -0.1) is 0 Å². The van der Waals surface area contributed by atoms with E-state index in [1.807, 2.05) is 11.7 Å². The summed E-state index contributed by atoms with van der Waals surface area (Å²) in [7, 11) is 6.06. The van der Waals surface area contributed by atoms with Crippen LogP contribution < -0.4 is 5.32 Å². The molecule has 0 bridgehead atoms. The molecule has 0 saturated carbocycles. The summed E-state index contributed by atoms with van der Waals surface area (Å²) in [5.41, 5.74) is 1.08. The normalized spacial score (nSPS) is 13.4. The molecule has 0 saturated heterocycles. The van der Waals surface area contributed by atoms with Crippen LogP contribution in [0, 0.1) is 0 Å². The van der Waals surface area contributed by atoms with Gasteiger partial charge in [-0.3, -0.25) is 4.68 Å². The molecule has 1 unspecified atom stereocenters. The van der Waals surface area contributed by atoms with Gasteiger partial charge in [0.1, 0.15) is 0 Å². The first kappa shape index (κ1) is 13.5. The number of halogens is 1. The Bertz CT molecular complexity index is 322. The van der Waals surface area contributed by atoms with E-state index in [0.29, 0.717) is 0 Å². The highest BCUT2D eigenvalue weighted by Crippen LogP contribution is 2.23. The number of rotatable bonds is 6. The van der Waals surface area contributed by atoms with Gasteiger partial charge in [0.15, 0.2) is 0 Å². The first-order chi connectivity index (χ1) is 7.60. The molecule has 92 valence electrons. The maximum absolute atomic E-state index is 6.20. The highest BCUT2D eigenvalue weighted by atomic mass is 35.5. The molecule has 0 spiro atoms. The van der Waals surface area contributed by atoms with E-state index in [9.17, 15) is 0 Å². The summed E-state index contributed by atoms with van der Waals surface area (Å²) < 4.78 is 1.99. The SMILES string of the molecule is CCCn1ncc(Cl)c1C(CN(C)C)NC. The molecule has 1 atom stereocenters. The van der Waals surface area contributed by atoms with Gasteiger partial charge >= 0.3 is 0 Å². The van der Waals surface area contributed by atoms with Crippen molar-refractivity contribution >= 4 is 11.6 Å². The molecule has 1 heterocycles. The maximum Gasteiger partial charge on any atom is 0.0834 e. The van der Waals surface area contributed by atoms with E-state index in [-0.39, 0.29) is 6.04 Å². The summed E-state index contributed by atoms with van der Waals surface area (Å²) in [5, 5.41) is 8.34. The molecule has 16 heavy (non-hydrogen) atoms. The largest absolute Gasteiger partial charge is 0.311 e. The predicted octanol–water partition coefficient (Wildman–Crippen LogP) is 1.77. The van der Waals surface area contributed by atoms with Crippen molar-refractivity contribution in [1.29, 1.82) is 0 Å². The van der Waals surface area contributed by atoms with Gasteiger partial charge in [-0.05, 0) is 27.6 Å². The number of likely N-dealkylation sites (N-methyl/N-ethyl adjacent to an activating group) is 2. The van der Waals surface area contributed by atoms with E-state index < -0.39 is 0 Å². The third kappa shape index (κ3) is 3.20. The minimum Gasteiger partial charge on any atom is -0.311 e. The summed E-state index contributed by atoms with van der Waals surface area (Å²) in [6, 6.07) is 0.219. The smallest absolute Gasteiger partial charge is 0.0834 e. The van der Waals surface area contributed by atoms with Gasteiger partial charge in [0, 0.05) is 13.1 Å². The van der Waals surface area contributed by atoms with E-state index in [0.717, 1.165) is 30.2 Å². The topological polar surface area (TPSA) is 33.1 Å². The molecule has 0 aliphatic carbocycles. The van der Waals surface area contributed by atoms with Crippen LogP contribution in [0.4, 0.5) is 0 Å². The van der Waals surface area contributed by atoms with E-state index in [4.69, 9.17) is 11.6 Å². The van der Waals surface area contributed by atoms with Crippen molar-refractivity contribution < 1.29 is 0 Å². The first-order valence-corrected chi connectivity index (χ1v) is 6.01. The zero-order valence-electron chi connectivity index (χ0n) is 10.5. The van der Waals surface area contributed by atoms with Crippen molar-refractivity contribution in [2.24, 2.45) is 0 Å². The van der Waals surface area contributed by atoms with Gasteiger partial charge in [0.2, 0.25) is 0 Å². The molecule has 4 nitrogen and oxygen atoms in total. The van der Waals surface area contributed by atoms with Gasteiger partial charge in [-0.25, -0.2) is 0 Å². The molecule has 0 fully saturated rings. The van der Waals surface area contributed by atoms with Crippen LogP contribution in [0.2, 0.25) is 5.02 Å². The van der Waals surface area contributed by atoms with Crippen molar-refractivity contribution in [2.45, 2.75) is 25.9 Å². The lowest BCUT2D eigenvalue weighted by molar-refractivity contribution is 0.340. The van der Waals surface area contributed by atoms with Crippen molar-refractivity contribution in [3.63, 3.8) is 0 Å². The average molecular weight is 245 g/mol. The summed E-state index contributed by atoms with van der Waals surface area (Å²) >= 11 is 6.20. The van der Waals surface area contributed by atoms with E-state index in [1.54, 1.807) is 6.20 Å². The monoisotopic (exact) mass is 244 g/mol. The molecule has 0 radical (unpaired) electrons. The van der Waals surface area contributed by atoms with Crippen LogP contribution in [0.25, 0.3) is 0 Å². The highest BCUT2D eigenvalue weighted by Gasteiger charge is 2.19. The van der Waals surface area contributed by atoms with Crippen LogP contribution in [-0.4, -0.2) is 42.4 Å². The Balaban J connectivity index is 2.93. The number of hydrogen-bond acceptors (Lipinski definition) is 3. The standard InChI is InChI=1S/C11H21ClN4/c1-5-6-16-11(9(12)7-14-16)10(13-2)8-15(3)4/h7,10,13H,5-6,8H2,1-4H3. The Morgan fingerprint density at radius 1 is 1.56 bits per heavy atom. The Kier molecular flexibility index (Phi) is 5.25. The molecule has 0 amide bonds. The summed E-state index contributed by atoms with van der Waals surface area (Å²) in [6.45, 7) is 3.96. The fraction of sp³-hybridized carbons (Fsp3) is 0.727. The van der Waals surface area contributed by atoms with Gasteiger partial charge < -0.3 is 10.2 Å². The molecule has 1 rings (SSSR count). The van der Waals surface area contributed by atoms with Crippen LogP contribution in [0.1, 0.15) is 25.1 Å². The lowest BCUT2D eigenvalue weighted by Gasteiger charge is -2.22. The fourth-order valence-electron chi connectivity index (χ4n) is 1.79. The lowest BCUT2D eigenvalue weighted by Crippen LogP contribution is -2.31. The maximum atomic E-state index is 6.20. The minimum absolute atomic E-state index is 0.219. The number of aromatic nitrogens is 2. The van der Waals surface area contributed by atoms with Gasteiger partial charge in [-0.2, -0.15) is 5.10 Å². The minimum atomic E-state index is 0.219. The fourth-order valence-corrected chi connectivity index (χ4v) is 2.06. The third-order valence-electron chi connectivity index (χ3n) is 2.49. The highest BCUT2D eigenvalue weighted by molar-refractivity contribution is 6.31. The number of aryl methyl sites for hydroxylation is 1. The number of nitrogens with one attached hydrogen (secondary N) is 1. The van der Waals surface area contributed by atoms with Gasteiger partial charge in [0.25, 0.3) is 0 Å². The molecule has 5 heteroatoms. The van der Waals surface area contributed by atoms with Crippen LogP contribution in [-0.2, 0) is 6.54 Å². The predicted molar refractivity (Wildman–Crippen MR) is 67.9 cm³/mol. The van der Waals surface area contributed by atoms with Crippen LogP contribution in [0.3, 0.4) is 0 Å². The molecule has 0 aromatic carbocycles. The zero-order valence-corrected chi connectivity index (χ0v) is 11.3. The second-order valence-corrected chi connectivity index (χ2v) is 4.61. The number of nitrogens with zero attached hydrogens (tertiary/aromatic N) is 3. The van der Waals surface area contributed by atoms with E-state index in [2.05, 4.69) is 36.3 Å². The second kappa shape index (κ2) is 6.23. The Morgan fingerprint density at radius 2 is 2.25 bits per heavy atom. The Hall–Kier alpha value is -0.580. The van der Waals surface area contributed by atoms with Crippen LogP contribution in [0.15, 0.2) is 6.20 Å². The van der Waals surface area contributed by atoms with Crippen LogP contribution >= 0.6 is 11.6 Å². The quantitative estimate of drug-likeness (QED) is 0.828. The number of hydrogen-bond donors (Lipinski definition) is 1. The van der Waals surface area contributed by atoms with Crippen molar-refractivity contribution in [1.82, 2.24) is 20.0 Å². The Morgan fingerprint density at radius 3 is 2.75 bits per heavy atom. The summed E-state index contributed by atoms with van der Waals surface area (Å²) in [4.78, 5) is 2.14. The van der Waals surface area contributed by atoms with Gasteiger partial charge in [-0.1, -0.05) is 18.5 Å². The molecular formula is C11H21ClN4. The first-order valence-electron chi connectivity index (χ1n) is 5.63. The van der Waals surface area contributed by atoms with E-state index in [1.165, 1.54) is 0 Å². The Labute approximate surface area is 103 Å². The zero-order chi connectivity index (χ0) is 12.1. The summed E-state index contributed by atoms with van der Waals surface area (Å²) in [5.74, 6) is 0. The van der Waals surface area contributed by atoms with Crippen molar-refractivity contribution in [2.75, 3.05) is 27.7 Å². The van der Waals surface area contributed by atoms with Crippen molar-refractivity contribution in [3.8, 4) is 0 Å². The molecule has 0 aliphatic heterocycles. The average Bonchev–Trinajstić information content (AvgIpc) is 2.57. The van der Waals surface area contributed by atoms with Crippen molar-refractivity contribution in [3.05, 3.63) is 16.9 Å². The van der Waals surface area contributed by atoms with E-state index >= 15 is 0 Å².